The summed E-state index contributed by atoms with van der Waals surface area (Å²) in [5.74, 6) is -0.0708. The van der Waals surface area contributed by atoms with Crippen molar-refractivity contribution in [3.05, 3.63) is 82.0 Å². The summed E-state index contributed by atoms with van der Waals surface area (Å²) in [6.45, 7) is 7.67. The summed E-state index contributed by atoms with van der Waals surface area (Å²) in [5.41, 5.74) is 4.34. The number of quaternary nitrogens is 1. The Morgan fingerprint density at radius 2 is 1.79 bits per heavy atom. The van der Waals surface area contributed by atoms with Gasteiger partial charge >= 0.3 is 0 Å². The summed E-state index contributed by atoms with van der Waals surface area (Å²) in [5, 5.41) is 4.14. The molecular weight excluding hydrogens is 382 g/mol. The molecule has 3 aromatic rings. The van der Waals surface area contributed by atoms with Gasteiger partial charge in [0.1, 0.15) is 24.1 Å². The number of morpholine rings is 1. The van der Waals surface area contributed by atoms with Gasteiger partial charge in [0.25, 0.3) is 5.91 Å². The topological polar surface area (TPSA) is 55.7 Å². The van der Waals surface area contributed by atoms with Crippen LogP contribution in [0.5, 0.6) is 0 Å². The van der Waals surface area contributed by atoms with Gasteiger partial charge in [-0.05, 0) is 43.7 Å². The van der Waals surface area contributed by atoms with Gasteiger partial charge in [-0.1, -0.05) is 18.2 Å². The summed E-state index contributed by atoms with van der Waals surface area (Å²) in [6.07, 6.45) is 3.69. The second kappa shape index (κ2) is 8.86. The van der Waals surface area contributed by atoms with Crippen LogP contribution in [-0.2, 0) is 4.74 Å². The van der Waals surface area contributed by atoms with E-state index in [2.05, 4.69) is 36.3 Å². The number of pyridine rings is 1. The lowest BCUT2D eigenvalue weighted by Gasteiger charge is -2.32. The lowest BCUT2D eigenvalue weighted by molar-refractivity contribution is -0.933. The van der Waals surface area contributed by atoms with Crippen LogP contribution in [-0.4, -0.2) is 37.2 Å². The number of carbonyl (C=O) groups excluding carboxylic acids is 1. The summed E-state index contributed by atoms with van der Waals surface area (Å²) >= 11 is 1.66. The number of hydrogen-bond donors (Lipinski definition) is 2. The molecule has 0 spiro atoms. The minimum absolute atomic E-state index is 0.0708. The maximum Gasteiger partial charge on any atom is 0.256 e. The van der Waals surface area contributed by atoms with Crippen molar-refractivity contribution in [1.82, 2.24) is 4.98 Å². The Bertz CT molecular complexity index is 967. The van der Waals surface area contributed by atoms with Crippen molar-refractivity contribution in [2.24, 2.45) is 0 Å². The standard InChI is InChI=1S/C23H25N3O2S/c1-16-17(2)29-23(25-22(27)19-6-4-3-5-7-19)20(16)21(18-8-10-24-11-9-18)26-12-14-28-15-13-26/h3-11,21H,12-15H2,1-2H3,(H,25,27)/p+1/t21-/m0/s1. The number of nitrogens with zero attached hydrogens (tertiary/aromatic N) is 1. The monoisotopic (exact) mass is 408 g/mol. The molecule has 1 aliphatic heterocycles. The maximum atomic E-state index is 12.9. The van der Waals surface area contributed by atoms with Gasteiger partial charge in [0.15, 0.2) is 0 Å². The Kier molecular flexibility index (Phi) is 6.04. The summed E-state index contributed by atoms with van der Waals surface area (Å²) < 4.78 is 5.61. The van der Waals surface area contributed by atoms with Gasteiger partial charge in [0.2, 0.25) is 0 Å². The number of hydrogen-bond acceptors (Lipinski definition) is 4. The normalized spacial score (nSPS) is 15.8. The van der Waals surface area contributed by atoms with E-state index < -0.39 is 0 Å². The van der Waals surface area contributed by atoms with Crippen LogP contribution in [0.15, 0.2) is 54.9 Å². The van der Waals surface area contributed by atoms with E-state index in [0.29, 0.717) is 5.56 Å². The van der Waals surface area contributed by atoms with Gasteiger partial charge in [-0.25, -0.2) is 0 Å². The third kappa shape index (κ3) is 4.24. The highest BCUT2D eigenvalue weighted by molar-refractivity contribution is 7.16. The zero-order chi connectivity index (χ0) is 20.2. The first-order valence-electron chi connectivity index (χ1n) is 9.93. The molecule has 1 fully saturated rings. The van der Waals surface area contributed by atoms with Crippen LogP contribution in [0.4, 0.5) is 5.00 Å². The van der Waals surface area contributed by atoms with E-state index >= 15 is 0 Å². The molecule has 0 bridgehead atoms. The van der Waals surface area contributed by atoms with E-state index in [1.807, 2.05) is 42.7 Å². The van der Waals surface area contributed by atoms with Gasteiger partial charge < -0.3 is 15.0 Å². The predicted octanol–water partition coefficient (Wildman–Crippen LogP) is 3.02. The first-order valence-corrected chi connectivity index (χ1v) is 10.8. The van der Waals surface area contributed by atoms with Crippen molar-refractivity contribution >= 4 is 22.2 Å². The lowest BCUT2D eigenvalue weighted by Crippen LogP contribution is -3.14. The van der Waals surface area contributed by atoms with Crippen LogP contribution in [0.3, 0.4) is 0 Å². The fourth-order valence-electron chi connectivity index (χ4n) is 3.93. The quantitative estimate of drug-likeness (QED) is 0.682. The summed E-state index contributed by atoms with van der Waals surface area (Å²) in [4.78, 5) is 19.8. The molecule has 3 heterocycles. The van der Waals surface area contributed by atoms with E-state index in [9.17, 15) is 4.79 Å². The number of rotatable bonds is 5. The van der Waals surface area contributed by atoms with Crippen LogP contribution in [0.1, 0.15) is 38.0 Å². The van der Waals surface area contributed by atoms with Crippen molar-refractivity contribution < 1.29 is 14.4 Å². The zero-order valence-corrected chi connectivity index (χ0v) is 17.6. The van der Waals surface area contributed by atoms with Crippen molar-refractivity contribution in [2.45, 2.75) is 19.9 Å². The third-order valence-electron chi connectivity index (χ3n) is 5.57. The van der Waals surface area contributed by atoms with Crippen LogP contribution in [0, 0.1) is 13.8 Å². The Labute approximate surface area is 175 Å². The minimum Gasteiger partial charge on any atom is -0.370 e. The molecule has 0 radical (unpaired) electrons. The molecule has 4 rings (SSSR count). The first-order chi connectivity index (χ1) is 14.1. The molecule has 1 aliphatic rings. The molecule has 5 nitrogen and oxygen atoms in total. The van der Waals surface area contributed by atoms with Gasteiger partial charge in [0, 0.05) is 28.4 Å². The van der Waals surface area contributed by atoms with E-state index in [4.69, 9.17) is 4.74 Å². The van der Waals surface area contributed by atoms with E-state index in [-0.39, 0.29) is 11.9 Å². The van der Waals surface area contributed by atoms with Crippen LogP contribution >= 0.6 is 11.3 Å². The average molecular weight is 409 g/mol. The van der Waals surface area contributed by atoms with Crippen LogP contribution < -0.4 is 10.2 Å². The van der Waals surface area contributed by atoms with Gasteiger partial charge in [-0.15, -0.1) is 11.3 Å². The Balaban J connectivity index is 1.75. The molecule has 1 aromatic carbocycles. The number of aromatic nitrogens is 1. The van der Waals surface area contributed by atoms with Gasteiger partial charge in [-0.3, -0.25) is 9.78 Å². The fraction of sp³-hybridized carbons (Fsp3) is 0.304. The number of nitrogens with one attached hydrogen (secondary N) is 2. The molecule has 0 aliphatic carbocycles. The van der Waals surface area contributed by atoms with Crippen LogP contribution in [0.2, 0.25) is 0 Å². The number of ether oxygens (including phenoxy) is 1. The number of benzene rings is 1. The highest BCUT2D eigenvalue weighted by Crippen LogP contribution is 2.38. The van der Waals surface area contributed by atoms with Gasteiger partial charge in [-0.2, -0.15) is 0 Å². The Morgan fingerprint density at radius 3 is 2.48 bits per heavy atom. The highest BCUT2D eigenvalue weighted by atomic mass is 32.1. The molecule has 29 heavy (non-hydrogen) atoms. The molecule has 2 N–H and O–H groups in total. The van der Waals surface area contributed by atoms with Crippen molar-refractivity contribution in [3.8, 4) is 0 Å². The van der Waals surface area contributed by atoms with Crippen molar-refractivity contribution in [3.63, 3.8) is 0 Å². The number of carbonyl (C=O) groups is 1. The maximum absolute atomic E-state index is 12.9. The predicted molar refractivity (Wildman–Crippen MR) is 116 cm³/mol. The number of amides is 1. The molecule has 0 unspecified atom stereocenters. The number of thiophene rings is 1. The SMILES string of the molecule is Cc1sc(NC(=O)c2ccccc2)c([C@H](c2ccncc2)[NH+]2CCOCC2)c1C. The smallest absolute Gasteiger partial charge is 0.256 e. The fourth-order valence-corrected chi connectivity index (χ4v) is 5.03. The molecule has 1 amide bonds. The summed E-state index contributed by atoms with van der Waals surface area (Å²) in [6, 6.07) is 13.7. The van der Waals surface area contributed by atoms with E-state index in [1.54, 1.807) is 11.3 Å². The van der Waals surface area contributed by atoms with Crippen molar-refractivity contribution in [1.29, 1.82) is 0 Å². The molecule has 1 atom stereocenters. The molecule has 150 valence electrons. The zero-order valence-electron chi connectivity index (χ0n) is 16.8. The van der Waals surface area contributed by atoms with Gasteiger partial charge in [0.05, 0.1) is 18.8 Å². The second-order valence-electron chi connectivity index (χ2n) is 7.33. The summed E-state index contributed by atoms with van der Waals surface area (Å²) in [7, 11) is 0. The molecular formula is C23H26N3O2S+. The Morgan fingerprint density at radius 1 is 1.10 bits per heavy atom. The average Bonchev–Trinajstić information content (AvgIpc) is 3.04. The minimum atomic E-state index is -0.0708. The molecule has 1 saturated heterocycles. The first kappa shape index (κ1) is 19.8. The molecule has 6 heteroatoms. The lowest BCUT2D eigenvalue weighted by atomic mass is 9.95. The molecule has 0 saturated carbocycles. The van der Waals surface area contributed by atoms with E-state index in [0.717, 1.165) is 31.3 Å². The van der Waals surface area contributed by atoms with Crippen LogP contribution in [0.25, 0.3) is 0 Å². The highest BCUT2D eigenvalue weighted by Gasteiger charge is 2.33. The Hall–Kier alpha value is -2.54. The third-order valence-corrected chi connectivity index (χ3v) is 6.70. The second-order valence-corrected chi connectivity index (χ2v) is 8.56. The molecule has 2 aromatic heterocycles. The van der Waals surface area contributed by atoms with E-state index in [1.165, 1.54) is 26.5 Å². The van der Waals surface area contributed by atoms with Crippen molar-refractivity contribution in [2.75, 3.05) is 31.6 Å². The largest absolute Gasteiger partial charge is 0.370 e. The number of aryl methyl sites for hydroxylation is 1. The number of anilines is 1.